The molecule has 0 aliphatic rings. The second-order valence-corrected chi connectivity index (χ2v) is 7.78. The molecule has 0 radical (unpaired) electrons. The highest BCUT2D eigenvalue weighted by atomic mass is 32.2. The number of carbonyl (C=O) groups is 1. The normalized spacial score (nSPS) is 11.2. The first-order chi connectivity index (χ1) is 12.8. The fourth-order valence-corrected chi connectivity index (χ4v) is 2.98. The molecule has 0 bridgehead atoms. The maximum atomic E-state index is 13.8. The highest BCUT2D eigenvalue weighted by molar-refractivity contribution is 7.88. The van der Waals surface area contributed by atoms with Crippen molar-refractivity contribution in [1.29, 1.82) is 0 Å². The van der Waals surface area contributed by atoms with Gasteiger partial charge in [0.25, 0.3) is 0 Å². The molecule has 1 amide bonds. The van der Waals surface area contributed by atoms with Crippen LogP contribution in [0.15, 0.2) is 61.2 Å². The first kappa shape index (κ1) is 20.6. The fraction of sp³-hybridized carbons (Fsp3) is 0.211. The van der Waals surface area contributed by atoms with Crippen molar-refractivity contribution in [1.82, 2.24) is 4.31 Å². The molecule has 1 N–H and O–H groups in total. The third-order valence-corrected chi connectivity index (χ3v) is 4.80. The Labute approximate surface area is 158 Å². The van der Waals surface area contributed by atoms with E-state index in [9.17, 15) is 17.6 Å². The van der Waals surface area contributed by atoms with E-state index in [-0.39, 0.29) is 12.1 Å². The van der Waals surface area contributed by atoms with Crippen molar-refractivity contribution in [3.8, 4) is 5.75 Å². The highest BCUT2D eigenvalue weighted by Crippen LogP contribution is 2.16. The number of anilines is 1. The number of carbonyl (C=O) groups excluding carboxylic acids is 1. The van der Waals surface area contributed by atoms with Gasteiger partial charge in [-0.2, -0.15) is 4.31 Å². The summed E-state index contributed by atoms with van der Waals surface area (Å²) in [6, 6.07) is 12.5. The number of amides is 1. The lowest BCUT2D eigenvalue weighted by Gasteiger charge is -2.20. The summed E-state index contributed by atoms with van der Waals surface area (Å²) in [5, 5.41) is 2.61. The molecular formula is C19H21FN2O4S. The van der Waals surface area contributed by atoms with Crippen LogP contribution in [-0.4, -0.2) is 38.0 Å². The van der Waals surface area contributed by atoms with Gasteiger partial charge >= 0.3 is 0 Å². The number of rotatable bonds is 9. The zero-order valence-electron chi connectivity index (χ0n) is 14.9. The van der Waals surface area contributed by atoms with Crippen molar-refractivity contribution in [3.63, 3.8) is 0 Å². The van der Waals surface area contributed by atoms with Crippen molar-refractivity contribution in [3.05, 3.63) is 72.6 Å². The third-order valence-electron chi connectivity index (χ3n) is 3.60. The molecule has 144 valence electrons. The van der Waals surface area contributed by atoms with Gasteiger partial charge in [-0.25, -0.2) is 12.8 Å². The predicted molar refractivity (Wildman–Crippen MR) is 102 cm³/mol. The first-order valence-electron chi connectivity index (χ1n) is 8.11. The Hall–Kier alpha value is -2.71. The van der Waals surface area contributed by atoms with Crippen LogP contribution in [0.2, 0.25) is 0 Å². The summed E-state index contributed by atoms with van der Waals surface area (Å²) >= 11 is 0. The van der Waals surface area contributed by atoms with Crippen LogP contribution in [0.4, 0.5) is 10.1 Å². The molecule has 2 rings (SSSR count). The molecule has 0 atom stereocenters. The molecule has 8 heteroatoms. The van der Waals surface area contributed by atoms with E-state index in [2.05, 4.69) is 11.9 Å². The second kappa shape index (κ2) is 9.29. The summed E-state index contributed by atoms with van der Waals surface area (Å²) in [7, 11) is -3.71. The number of sulfonamides is 1. The molecule has 0 unspecified atom stereocenters. The Bertz CT molecular complexity index is 898. The summed E-state index contributed by atoms with van der Waals surface area (Å²) in [5.74, 6) is -0.441. The van der Waals surface area contributed by atoms with Crippen molar-refractivity contribution < 1.29 is 22.3 Å². The van der Waals surface area contributed by atoms with Gasteiger partial charge in [-0.05, 0) is 30.3 Å². The molecule has 0 heterocycles. The van der Waals surface area contributed by atoms with Crippen molar-refractivity contribution in [2.75, 3.05) is 24.7 Å². The summed E-state index contributed by atoms with van der Waals surface area (Å²) in [4.78, 5) is 12.2. The minimum Gasteiger partial charge on any atom is -0.490 e. The molecule has 6 nitrogen and oxygen atoms in total. The van der Waals surface area contributed by atoms with Crippen LogP contribution < -0.4 is 10.1 Å². The van der Waals surface area contributed by atoms with Gasteiger partial charge in [0, 0.05) is 17.8 Å². The SMILES string of the molecule is C=CCOc1ccc(NC(=O)CN(Cc2ccccc2F)S(C)(=O)=O)cc1. The summed E-state index contributed by atoms with van der Waals surface area (Å²) in [5.41, 5.74) is 0.685. The van der Waals surface area contributed by atoms with Gasteiger partial charge in [0.05, 0.1) is 12.8 Å². The van der Waals surface area contributed by atoms with Crippen molar-refractivity contribution in [2.45, 2.75) is 6.54 Å². The monoisotopic (exact) mass is 392 g/mol. The molecule has 27 heavy (non-hydrogen) atoms. The fourth-order valence-electron chi connectivity index (χ4n) is 2.26. The van der Waals surface area contributed by atoms with Gasteiger partial charge in [0.2, 0.25) is 15.9 Å². The Balaban J connectivity index is 2.03. The van der Waals surface area contributed by atoms with Gasteiger partial charge in [0.1, 0.15) is 18.2 Å². The van der Waals surface area contributed by atoms with E-state index >= 15 is 0 Å². The van der Waals surface area contributed by atoms with E-state index < -0.39 is 28.3 Å². The lowest BCUT2D eigenvalue weighted by atomic mass is 10.2. The maximum absolute atomic E-state index is 13.8. The molecule has 0 saturated heterocycles. The van der Waals surface area contributed by atoms with Crippen molar-refractivity contribution >= 4 is 21.6 Å². The molecule has 0 aromatic heterocycles. The predicted octanol–water partition coefficient (Wildman–Crippen LogP) is 2.79. The second-order valence-electron chi connectivity index (χ2n) is 5.79. The molecule has 0 saturated carbocycles. The topological polar surface area (TPSA) is 75.7 Å². The number of hydrogen-bond acceptors (Lipinski definition) is 4. The minimum atomic E-state index is -3.71. The standard InChI is InChI=1S/C19H21FN2O4S/c1-3-12-26-17-10-8-16(9-11-17)21-19(23)14-22(27(2,24)25)13-15-6-4-5-7-18(15)20/h3-11H,1,12-14H2,2H3,(H,21,23). The van der Waals surface area contributed by atoms with Gasteiger partial charge in [0.15, 0.2) is 0 Å². The number of ether oxygens (including phenoxy) is 1. The largest absolute Gasteiger partial charge is 0.490 e. The van der Waals surface area contributed by atoms with E-state index in [1.165, 1.54) is 18.2 Å². The average Bonchev–Trinajstić information content (AvgIpc) is 2.61. The maximum Gasteiger partial charge on any atom is 0.239 e. The van der Waals surface area contributed by atoms with Gasteiger partial charge in [-0.3, -0.25) is 4.79 Å². The summed E-state index contributed by atoms with van der Waals surface area (Å²) in [6.07, 6.45) is 2.60. The molecule has 0 fully saturated rings. The van der Waals surface area contributed by atoms with Crippen molar-refractivity contribution in [2.24, 2.45) is 0 Å². The number of nitrogens with zero attached hydrogens (tertiary/aromatic N) is 1. The minimum absolute atomic E-state index is 0.194. The van der Waals surface area contributed by atoms with E-state index in [0.717, 1.165) is 10.6 Å². The molecule has 0 aliphatic heterocycles. The van der Waals surface area contributed by atoms with Crippen LogP contribution in [0, 0.1) is 5.82 Å². The lowest BCUT2D eigenvalue weighted by Crippen LogP contribution is -2.37. The Morgan fingerprint density at radius 1 is 1.22 bits per heavy atom. The van der Waals surface area contributed by atoms with Gasteiger partial charge in [-0.1, -0.05) is 30.9 Å². The van der Waals surface area contributed by atoms with Crippen LogP contribution in [0.1, 0.15) is 5.56 Å². The smallest absolute Gasteiger partial charge is 0.239 e. The molecule has 0 spiro atoms. The highest BCUT2D eigenvalue weighted by Gasteiger charge is 2.21. The summed E-state index contributed by atoms with van der Waals surface area (Å²) < 4.78 is 44.0. The quantitative estimate of drug-likeness (QED) is 0.666. The number of nitrogens with one attached hydrogen (secondary N) is 1. The van der Waals surface area contributed by atoms with E-state index in [1.807, 2.05) is 0 Å². The molecule has 0 aliphatic carbocycles. The van der Waals surface area contributed by atoms with E-state index in [4.69, 9.17) is 4.74 Å². The average molecular weight is 392 g/mol. The molecule has 2 aromatic carbocycles. The third kappa shape index (κ3) is 6.50. The Morgan fingerprint density at radius 3 is 2.48 bits per heavy atom. The van der Waals surface area contributed by atoms with Gasteiger partial charge < -0.3 is 10.1 Å². The number of hydrogen-bond donors (Lipinski definition) is 1. The number of halogens is 1. The Kier molecular flexibility index (Phi) is 7.09. The van der Waals surface area contributed by atoms with E-state index in [0.29, 0.717) is 18.0 Å². The molecule has 2 aromatic rings. The van der Waals surface area contributed by atoms with Gasteiger partial charge in [-0.15, -0.1) is 0 Å². The van der Waals surface area contributed by atoms with Crippen LogP contribution in [-0.2, 0) is 21.4 Å². The van der Waals surface area contributed by atoms with Crippen LogP contribution in [0.25, 0.3) is 0 Å². The van der Waals surface area contributed by atoms with Crippen LogP contribution in [0.5, 0.6) is 5.75 Å². The number of benzene rings is 2. The van der Waals surface area contributed by atoms with E-state index in [1.54, 1.807) is 36.4 Å². The lowest BCUT2D eigenvalue weighted by molar-refractivity contribution is -0.116. The zero-order valence-corrected chi connectivity index (χ0v) is 15.7. The zero-order chi connectivity index (χ0) is 19.9. The molecular weight excluding hydrogens is 371 g/mol. The Morgan fingerprint density at radius 2 is 1.89 bits per heavy atom. The van der Waals surface area contributed by atoms with Crippen LogP contribution in [0.3, 0.4) is 0 Å². The first-order valence-corrected chi connectivity index (χ1v) is 9.96. The summed E-state index contributed by atoms with van der Waals surface area (Å²) in [6.45, 7) is 3.26. The van der Waals surface area contributed by atoms with Crippen LogP contribution >= 0.6 is 0 Å².